The first kappa shape index (κ1) is 21.2. The smallest absolute Gasteiger partial charge is 0.423 e. The second kappa shape index (κ2) is 8.25. The normalized spacial score (nSPS) is 11.5. The van der Waals surface area contributed by atoms with Crippen molar-refractivity contribution >= 4 is 11.8 Å². The Kier molecular flexibility index (Phi) is 5.47. The van der Waals surface area contributed by atoms with E-state index in [-0.39, 0.29) is 29.9 Å². The Bertz CT molecular complexity index is 1250. The van der Waals surface area contributed by atoms with Gasteiger partial charge in [0.25, 0.3) is 5.91 Å². The van der Waals surface area contributed by atoms with E-state index in [1.807, 2.05) is 6.07 Å². The number of nitrogens with zero attached hydrogens (tertiary/aromatic N) is 4. The molecule has 2 heterocycles. The highest BCUT2D eigenvalue weighted by Gasteiger charge is 2.31. The zero-order valence-corrected chi connectivity index (χ0v) is 17.0. The molecule has 8 nitrogen and oxygen atoms in total. The fourth-order valence-electron chi connectivity index (χ4n) is 3.02. The van der Waals surface area contributed by atoms with Gasteiger partial charge in [0.05, 0.1) is 5.69 Å². The highest BCUT2D eigenvalue weighted by Crippen LogP contribution is 2.25. The van der Waals surface area contributed by atoms with E-state index in [4.69, 9.17) is 9.15 Å². The van der Waals surface area contributed by atoms with Gasteiger partial charge >= 0.3 is 18.2 Å². The minimum atomic E-state index is -4.80. The lowest BCUT2D eigenvalue weighted by molar-refractivity contribution is -0.274. The lowest BCUT2D eigenvalue weighted by Crippen LogP contribution is -2.26. The van der Waals surface area contributed by atoms with Gasteiger partial charge < -0.3 is 18.8 Å². The molecule has 166 valence electrons. The molecule has 0 fully saturated rings. The quantitative estimate of drug-likeness (QED) is 0.431. The number of rotatable bonds is 6. The molecule has 0 unspecified atom stereocenters. The van der Waals surface area contributed by atoms with Gasteiger partial charge in [-0.3, -0.25) is 4.79 Å². The predicted molar refractivity (Wildman–Crippen MR) is 105 cm³/mol. The number of fused-ring (bicyclic) bond motifs is 1. The molecule has 0 aliphatic heterocycles. The largest absolute Gasteiger partial charge is 0.573 e. The summed E-state index contributed by atoms with van der Waals surface area (Å²) in [5.41, 5.74) is 0.856. The predicted octanol–water partition coefficient (Wildman–Crippen LogP) is 4.59. The van der Waals surface area contributed by atoms with Crippen LogP contribution in [0.1, 0.15) is 21.8 Å². The number of para-hydroxylation sites is 1. The van der Waals surface area contributed by atoms with Crippen molar-refractivity contribution in [2.75, 3.05) is 7.05 Å². The molecular formula is C21H17F3N4O4. The van der Waals surface area contributed by atoms with Crippen molar-refractivity contribution in [2.45, 2.75) is 19.8 Å². The summed E-state index contributed by atoms with van der Waals surface area (Å²) in [6.07, 6.45) is -4.80. The summed E-state index contributed by atoms with van der Waals surface area (Å²) in [4.78, 5) is 18.3. The molecule has 0 saturated carbocycles. The van der Waals surface area contributed by atoms with Crippen LogP contribution >= 0.6 is 0 Å². The summed E-state index contributed by atoms with van der Waals surface area (Å²) in [5.74, 6) is -0.213. The number of alkyl halides is 3. The molecule has 32 heavy (non-hydrogen) atoms. The minimum absolute atomic E-state index is 0.0106. The van der Waals surface area contributed by atoms with Crippen LogP contribution in [0.15, 0.2) is 59.0 Å². The SMILES string of the molecule is Cc1c(C(=O)N(C)Cc2cccc(OC(F)(F)F)c2)oc2nc(Oc3ccccc3)nn12. The topological polar surface area (TPSA) is 82.1 Å². The lowest BCUT2D eigenvalue weighted by Gasteiger charge is -2.17. The third-order valence-corrected chi connectivity index (χ3v) is 4.44. The van der Waals surface area contributed by atoms with Crippen LogP contribution in [0, 0.1) is 6.92 Å². The molecule has 1 amide bonds. The van der Waals surface area contributed by atoms with E-state index in [0.717, 1.165) is 0 Å². The van der Waals surface area contributed by atoms with E-state index in [2.05, 4.69) is 14.8 Å². The van der Waals surface area contributed by atoms with Crippen LogP contribution in [0.25, 0.3) is 5.84 Å². The molecule has 0 N–H and O–H groups in total. The van der Waals surface area contributed by atoms with Crippen molar-refractivity contribution in [3.63, 3.8) is 0 Å². The molecule has 0 radical (unpaired) electrons. The van der Waals surface area contributed by atoms with Crippen LogP contribution < -0.4 is 9.47 Å². The van der Waals surface area contributed by atoms with Crippen molar-refractivity contribution in [1.29, 1.82) is 0 Å². The van der Waals surface area contributed by atoms with E-state index >= 15 is 0 Å². The number of hydrogen-bond donors (Lipinski definition) is 0. The Balaban J connectivity index is 1.49. The van der Waals surface area contributed by atoms with Crippen LogP contribution in [0.5, 0.6) is 17.5 Å². The summed E-state index contributed by atoms with van der Waals surface area (Å²) in [6, 6.07) is 14.4. The van der Waals surface area contributed by atoms with Gasteiger partial charge in [0.2, 0.25) is 5.76 Å². The number of hydrogen-bond acceptors (Lipinski definition) is 6. The number of benzene rings is 2. The monoisotopic (exact) mass is 446 g/mol. The molecule has 0 spiro atoms. The molecular weight excluding hydrogens is 429 g/mol. The highest BCUT2D eigenvalue weighted by molar-refractivity contribution is 5.92. The number of aryl methyl sites for hydroxylation is 1. The summed E-state index contributed by atoms with van der Waals surface area (Å²) < 4.78 is 53.7. The van der Waals surface area contributed by atoms with Gasteiger partial charge in [0.15, 0.2) is 0 Å². The summed E-state index contributed by atoms with van der Waals surface area (Å²) in [6.45, 7) is 1.67. The zero-order valence-electron chi connectivity index (χ0n) is 17.0. The second-order valence-electron chi connectivity index (χ2n) is 6.88. The maximum Gasteiger partial charge on any atom is 0.573 e. The first-order valence-electron chi connectivity index (χ1n) is 9.39. The first-order valence-corrected chi connectivity index (χ1v) is 9.39. The molecule has 0 saturated heterocycles. The van der Waals surface area contributed by atoms with Gasteiger partial charge in [-0.1, -0.05) is 30.3 Å². The number of amides is 1. The molecule has 0 aliphatic carbocycles. The van der Waals surface area contributed by atoms with E-state index in [1.165, 1.54) is 34.7 Å². The average molecular weight is 446 g/mol. The molecule has 2 aromatic heterocycles. The molecule has 0 aliphatic rings. The standard InChI is InChI=1S/C21H17F3N4O4/c1-13-17(31-20-25-19(26-28(13)20)30-15-8-4-3-5-9-15)18(29)27(2)12-14-7-6-10-16(11-14)32-21(22,23)24/h3-11H,12H2,1-2H3. The summed E-state index contributed by atoms with van der Waals surface area (Å²) >= 11 is 0. The Hall–Kier alpha value is -4.02. The number of carbonyl (C=O) groups is 1. The fraction of sp³-hybridized carbons (Fsp3) is 0.190. The third kappa shape index (κ3) is 4.66. The van der Waals surface area contributed by atoms with Gasteiger partial charge in [-0.05, 0) is 36.8 Å². The van der Waals surface area contributed by atoms with Gasteiger partial charge in [-0.15, -0.1) is 23.3 Å². The van der Waals surface area contributed by atoms with Gasteiger partial charge in [0.1, 0.15) is 11.5 Å². The molecule has 11 heteroatoms. The van der Waals surface area contributed by atoms with Crippen molar-refractivity contribution in [2.24, 2.45) is 0 Å². The Morgan fingerprint density at radius 2 is 1.84 bits per heavy atom. The minimum Gasteiger partial charge on any atom is -0.423 e. The van der Waals surface area contributed by atoms with E-state index in [9.17, 15) is 18.0 Å². The highest BCUT2D eigenvalue weighted by atomic mass is 19.4. The van der Waals surface area contributed by atoms with Crippen molar-refractivity contribution < 1.29 is 31.9 Å². The van der Waals surface area contributed by atoms with Crippen molar-refractivity contribution in [3.05, 3.63) is 71.6 Å². The number of halogens is 3. The van der Waals surface area contributed by atoms with Gasteiger partial charge in [0, 0.05) is 13.6 Å². The van der Waals surface area contributed by atoms with Crippen LogP contribution in [0.4, 0.5) is 13.2 Å². The molecule has 0 bridgehead atoms. The lowest BCUT2D eigenvalue weighted by atomic mass is 10.2. The maximum absolute atomic E-state index is 12.8. The molecule has 4 aromatic rings. The van der Waals surface area contributed by atoms with Gasteiger partial charge in [-0.2, -0.15) is 4.52 Å². The fourth-order valence-corrected chi connectivity index (χ4v) is 3.02. The van der Waals surface area contributed by atoms with Gasteiger partial charge in [-0.25, -0.2) is 0 Å². The molecule has 4 rings (SSSR count). The number of aromatic nitrogens is 3. The Morgan fingerprint density at radius 3 is 2.53 bits per heavy atom. The molecule has 0 atom stereocenters. The number of ether oxygens (including phenoxy) is 2. The Morgan fingerprint density at radius 1 is 1.12 bits per heavy atom. The maximum atomic E-state index is 12.8. The van der Waals surface area contributed by atoms with Crippen LogP contribution in [-0.4, -0.2) is 38.8 Å². The third-order valence-electron chi connectivity index (χ3n) is 4.44. The second-order valence-corrected chi connectivity index (χ2v) is 6.88. The Labute approximate surface area is 179 Å². The number of oxazole rings is 1. The molecule has 2 aromatic carbocycles. The summed E-state index contributed by atoms with van der Waals surface area (Å²) in [7, 11) is 1.50. The first-order chi connectivity index (χ1) is 15.2. The zero-order chi connectivity index (χ0) is 22.9. The van der Waals surface area contributed by atoms with Crippen molar-refractivity contribution in [1.82, 2.24) is 19.5 Å². The van der Waals surface area contributed by atoms with E-state index in [1.54, 1.807) is 37.3 Å². The van der Waals surface area contributed by atoms with Crippen LogP contribution in [0.3, 0.4) is 0 Å². The van der Waals surface area contributed by atoms with Crippen molar-refractivity contribution in [3.8, 4) is 17.5 Å². The van der Waals surface area contributed by atoms with E-state index in [0.29, 0.717) is 17.0 Å². The average Bonchev–Trinajstić information content (AvgIpc) is 3.25. The van der Waals surface area contributed by atoms with E-state index < -0.39 is 12.3 Å². The number of carbonyl (C=O) groups excluding carboxylic acids is 1. The summed E-state index contributed by atoms with van der Waals surface area (Å²) in [5, 5.41) is 4.20. The van der Waals surface area contributed by atoms with Crippen LogP contribution in [0.2, 0.25) is 0 Å². The van der Waals surface area contributed by atoms with Crippen LogP contribution in [-0.2, 0) is 6.54 Å².